The number of nitriles is 1. The quantitative estimate of drug-likeness (QED) is 0.259. The zero-order valence-corrected chi connectivity index (χ0v) is 19.8. The first kappa shape index (κ1) is 22.5. The van der Waals surface area contributed by atoms with E-state index >= 15 is 0 Å². The van der Waals surface area contributed by atoms with Gasteiger partial charge >= 0.3 is 0 Å². The van der Waals surface area contributed by atoms with Gasteiger partial charge in [-0.05, 0) is 36.4 Å². The van der Waals surface area contributed by atoms with Gasteiger partial charge in [0, 0.05) is 10.9 Å². The molecule has 2 heterocycles. The average molecular weight is 496 g/mol. The lowest BCUT2D eigenvalue weighted by atomic mass is 10.2. The molecular formula is C26H17N5O2S2. The first-order valence-corrected chi connectivity index (χ1v) is 12.4. The Morgan fingerprint density at radius 2 is 1.74 bits per heavy atom. The molecule has 0 bridgehead atoms. The Morgan fingerprint density at radius 1 is 1.00 bits per heavy atom. The zero-order valence-electron chi connectivity index (χ0n) is 18.2. The second kappa shape index (κ2) is 9.93. The molecule has 9 heteroatoms. The fourth-order valence-corrected chi connectivity index (χ4v) is 5.03. The van der Waals surface area contributed by atoms with E-state index in [4.69, 9.17) is 5.26 Å². The number of nitrogens with zero attached hydrogens (tertiary/aromatic N) is 4. The molecule has 0 aliphatic rings. The van der Waals surface area contributed by atoms with E-state index in [1.54, 1.807) is 42.5 Å². The minimum absolute atomic E-state index is 0.0430. The minimum atomic E-state index is -0.252. The van der Waals surface area contributed by atoms with Crippen molar-refractivity contribution in [2.24, 2.45) is 0 Å². The summed E-state index contributed by atoms with van der Waals surface area (Å²) in [6, 6.07) is 25.6. The summed E-state index contributed by atoms with van der Waals surface area (Å²) in [5.74, 6) is -0.209. The second-order valence-electron chi connectivity index (χ2n) is 7.45. The van der Waals surface area contributed by atoms with Gasteiger partial charge in [0.15, 0.2) is 10.3 Å². The number of hydrogen-bond acceptors (Lipinski definition) is 7. The average Bonchev–Trinajstić information content (AvgIpc) is 3.37. The first-order chi connectivity index (χ1) is 17.1. The summed E-state index contributed by atoms with van der Waals surface area (Å²) >= 11 is 2.52. The van der Waals surface area contributed by atoms with Crippen molar-refractivity contribution in [3.63, 3.8) is 0 Å². The Labute approximate surface area is 208 Å². The number of anilines is 1. The van der Waals surface area contributed by atoms with Crippen molar-refractivity contribution in [3.8, 4) is 23.0 Å². The summed E-state index contributed by atoms with van der Waals surface area (Å²) in [5, 5.41) is 15.2. The highest BCUT2D eigenvalue weighted by Gasteiger charge is 2.16. The number of carbonyl (C=O) groups excluding carboxylic acids is 1. The van der Waals surface area contributed by atoms with E-state index < -0.39 is 0 Å². The van der Waals surface area contributed by atoms with Gasteiger partial charge in [-0.2, -0.15) is 5.26 Å². The molecule has 1 N–H and O–H groups in total. The number of benzene rings is 3. The van der Waals surface area contributed by atoms with Crippen LogP contribution >= 0.6 is 23.1 Å². The van der Waals surface area contributed by atoms with Gasteiger partial charge in [-0.1, -0.05) is 54.2 Å². The maximum atomic E-state index is 13.3. The summed E-state index contributed by atoms with van der Waals surface area (Å²) in [4.78, 5) is 35.1. The van der Waals surface area contributed by atoms with Gasteiger partial charge in [-0.3, -0.25) is 14.2 Å². The molecule has 0 aliphatic heterocycles. The Kier molecular flexibility index (Phi) is 6.39. The molecule has 5 aromatic rings. The fraction of sp³-hybridized carbons (Fsp3) is 0.0385. The molecule has 35 heavy (non-hydrogen) atoms. The Balaban J connectivity index is 1.39. The Bertz CT molecular complexity index is 1620. The van der Waals surface area contributed by atoms with Crippen LogP contribution in [0.3, 0.4) is 0 Å². The molecule has 0 saturated carbocycles. The molecule has 0 saturated heterocycles. The summed E-state index contributed by atoms with van der Waals surface area (Å²) < 4.78 is 1.47. The number of thiazole rings is 1. The van der Waals surface area contributed by atoms with Crippen LogP contribution in [0.25, 0.3) is 27.8 Å². The molecule has 0 radical (unpaired) electrons. The molecule has 170 valence electrons. The fourth-order valence-electron chi connectivity index (χ4n) is 3.48. The summed E-state index contributed by atoms with van der Waals surface area (Å²) in [7, 11) is 0. The van der Waals surface area contributed by atoms with Gasteiger partial charge in [0.25, 0.3) is 5.56 Å². The van der Waals surface area contributed by atoms with Gasteiger partial charge in [0.1, 0.15) is 0 Å². The van der Waals surface area contributed by atoms with Crippen LogP contribution in [-0.2, 0) is 4.79 Å². The third kappa shape index (κ3) is 4.84. The predicted octanol–water partition coefficient (Wildman–Crippen LogP) is 5.11. The molecule has 0 spiro atoms. The summed E-state index contributed by atoms with van der Waals surface area (Å²) in [5.41, 5.74) is 3.15. The highest BCUT2D eigenvalue weighted by Crippen LogP contribution is 2.26. The van der Waals surface area contributed by atoms with Crippen molar-refractivity contribution in [2.45, 2.75) is 5.16 Å². The smallest absolute Gasteiger partial charge is 0.266 e. The van der Waals surface area contributed by atoms with Crippen molar-refractivity contribution >= 4 is 45.0 Å². The lowest BCUT2D eigenvalue weighted by Gasteiger charge is -2.13. The number of aromatic nitrogens is 3. The topological polar surface area (TPSA) is 101 Å². The lowest BCUT2D eigenvalue weighted by molar-refractivity contribution is -0.113. The Hall–Kier alpha value is -4.26. The molecule has 7 nitrogen and oxygen atoms in total. The van der Waals surface area contributed by atoms with E-state index in [1.807, 2.05) is 41.8 Å². The summed E-state index contributed by atoms with van der Waals surface area (Å²) in [6.45, 7) is 0. The van der Waals surface area contributed by atoms with Gasteiger partial charge in [0.2, 0.25) is 5.91 Å². The molecule has 2 aromatic heterocycles. The molecule has 0 atom stereocenters. The molecule has 3 aromatic carbocycles. The van der Waals surface area contributed by atoms with Crippen LogP contribution in [0.5, 0.6) is 0 Å². The van der Waals surface area contributed by atoms with Crippen molar-refractivity contribution < 1.29 is 4.79 Å². The van der Waals surface area contributed by atoms with Crippen molar-refractivity contribution in [3.05, 3.63) is 100 Å². The number of thioether (sulfide) groups is 1. The number of rotatable bonds is 6. The number of para-hydroxylation sites is 1. The summed E-state index contributed by atoms with van der Waals surface area (Å²) in [6.07, 6.45) is 0. The van der Waals surface area contributed by atoms with Crippen molar-refractivity contribution in [1.29, 1.82) is 5.26 Å². The van der Waals surface area contributed by atoms with Gasteiger partial charge in [0.05, 0.1) is 39.7 Å². The maximum absolute atomic E-state index is 13.3. The molecule has 0 unspecified atom stereocenters. The van der Waals surface area contributed by atoms with E-state index in [9.17, 15) is 9.59 Å². The van der Waals surface area contributed by atoms with E-state index in [2.05, 4.69) is 21.4 Å². The highest BCUT2D eigenvalue weighted by atomic mass is 32.2. The molecule has 5 rings (SSSR count). The predicted molar refractivity (Wildman–Crippen MR) is 139 cm³/mol. The Morgan fingerprint density at radius 3 is 2.51 bits per heavy atom. The van der Waals surface area contributed by atoms with Crippen molar-refractivity contribution in [1.82, 2.24) is 14.5 Å². The number of nitrogens with one attached hydrogen (secondary N) is 1. The lowest BCUT2D eigenvalue weighted by Crippen LogP contribution is -2.23. The van der Waals surface area contributed by atoms with Gasteiger partial charge in [-0.15, -0.1) is 11.3 Å². The number of fused-ring (bicyclic) bond motifs is 1. The monoisotopic (exact) mass is 495 g/mol. The SMILES string of the molecule is N#Cc1ccc(-n2c(SCC(=O)Nc3nc(-c4ccccc4)cs3)nc3ccccc3c2=O)cc1. The molecule has 1 amide bonds. The maximum Gasteiger partial charge on any atom is 0.266 e. The van der Waals surface area contributed by atoms with Crippen LogP contribution in [0.4, 0.5) is 5.13 Å². The minimum Gasteiger partial charge on any atom is -0.301 e. The molecule has 0 fully saturated rings. The van der Waals surface area contributed by atoms with Crippen molar-refractivity contribution in [2.75, 3.05) is 11.1 Å². The van der Waals surface area contributed by atoms with Crippen LogP contribution in [0.1, 0.15) is 5.56 Å². The number of hydrogen-bond donors (Lipinski definition) is 1. The van der Waals surface area contributed by atoms with E-state index in [-0.39, 0.29) is 17.2 Å². The van der Waals surface area contributed by atoms with Crippen LogP contribution in [-0.4, -0.2) is 26.2 Å². The normalized spacial score (nSPS) is 10.7. The number of carbonyl (C=O) groups is 1. The molecular weight excluding hydrogens is 478 g/mol. The highest BCUT2D eigenvalue weighted by molar-refractivity contribution is 7.99. The van der Waals surface area contributed by atoms with Gasteiger partial charge < -0.3 is 5.32 Å². The van der Waals surface area contributed by atoms with E-state index in [1.165, 1.54) is 15.9 Å². The zero-order chi connectivity index (χ0) is 24.2. The van der Waals surface area contributed by atoms with E-state index in [0.717, 1.165) is 23.0 Å². The standard InChI is InChI=1S/C26H17N5O2S2/c27-14-17-10-12-19(13-11-17)31-24(33)20-8-4-5-9-21(20)29-26(31)35-16-23(32)30-25-28-22(15-34-25)18-6-2-1-3-7-18/h1-13,15H,16H2,(H,28,30,32). The van der Waals surface area contributed by atoms with E-state index in [0.29, 0.717) is 32.4 Å². The largest absolute Gasteiger partial charge is 0.301 e. The second-order valence-corrected chi connectivity index (χ2v) is 9.25. The first-order valence-electron chi connectivity index (χ1n) is 10.6. The van der Waals surface area contributed by atoms with Gasteiger partial charge in [-0.25, -0.2) is 9.97 Å². The van der Waals surface area contributed by atoms with Crippen LogP contribution in [0.15, 0.2) is 94.2 Å². The van der Waals surface area contributed by atoms with Crippen LogP contribution < -0.4 is 10.9 Å². The molecule has 0 aliphatic carbocycles. The third-order valence-electron chi connectivity index (χ3n) is 5.15. The van der Waals surface area contributed by atoms with Crippen LogP contribution in [0.2, 0.25) is 0 Å². The number of amides is 1. The van der Waals surface area contributed by atoms with Crippen LogP contribution in [0, 0.1) is 11.3 Å². The third-order valence-corrected chi connectivity index (χ3v) is 6.85.